The van der Waals surface area contributed by atoms with Gasteiger partial charge in [0.2, 0.25) is 0 Å². The predicted molar refractivity (Wildman–Crippen MR) is 92.8 cm³/mol. The first kappa shape index (κ1) is 17.9. The third kappa shape index (κ3) is 5.32. The highest BCUT2D eigenvalue weighted by Gasteiger charge is 2.19. The van der Waals surface area contributed by atoms with E-state index in [9.17, 15) is 9.65 Å². The molecule has 0 aliphatic carbocycles. The van der Waals surface area contributed by atoms with Crippen molar-refractivity contribution in [1.82, 2.24) is 4.90 Å². The minimum absolute atomic E-state index is 0.0961. The number of hydrogen-bond acceptors (Lipinski definition) is 2. The number of hydrogen-bond donors (Lipinski definition) is 0. The summed E-state index contributed by atoms with van der Waals surface area (Å²) in [7, 11) is 0. The summed E-state index contributed by atoms with van der Waals surface area (Å²) in [5.41, 5.74) is 2.39. The molecule has 126 valence electrons. The topological polar surface area (TPSA) is 27.0 Å². The summed E-state index contributed by atoms with van der Waals surface area (Å²) in [5.74, 6) is 0.251. The maximum atomic E-state index is 13.6. The fraction of sp³-hybridized carbons (Fsp3) is 0.650. The number of likely N-dealkylation sites (tertiary alicyclic amines) is 1. The van der Waals surface area contributed by atoms with Crippen LogP contribution in [0, 0.1) is 23.1 Å². The van der Waals surface area contributed by atoms with E-state index in [0.29, 0.717) is 5.92 Å². The van der Waals surface area contributed by atoms with E-state index in [-0.39, 0.29) is 11.7 Å². The van der Waals surface area contributed by atoms with E-state index in [1.165, 1.54) is 18.4 Å². The van der Waals surface area contributed by atoms with Crippen molar-refractivity contribution in [3.8, 4) is 6.07 Å². The Morgan fingerprint density at radius 1 is 1.26 bits per heavy atom. The van der Waals surface area contributed by atoms with Crippen molar-refractivity contribution in [2.45, 2.75) is 58.3 Å². The third-order valence-corrected chi connectivity index (χ3v) is 4.97. The molecule has 23 heavy (non-hydrogen) atoms. The minimum atomic E-state index is -0.152. The third-order valence-electron chi connectivity index (χ3n) is 4.97. The molecule has 1 saturated heterocycles. The minimum Gasteiger partial charge on any atom is -0.302 e. The first-order chi connectivity index (χ1) is 11.1. The molecule has 0 radical (unpaired) electrons. The van der Waals surface area contributed by atoms with Crippen molar-refractivity contribution in [1.29, 1.82) is 5.26 Å². The van der Waals surface area contributed by atoms with Crippen molar-refractivity contribution >= 4 is 0 Å². The lowest BCUT2D eigenvalue weighted by Gasteiger charge is -2.21. The number of aryl methyl sites for hydroxylation is 1. The van der Waals surface area contributed by atoms with Crippen LogP contribution < -0.4 is 0 Å². The van der Waals surface area contributed by atoms with Gasteiger partial charge in [0.05, 0.1) is 12.0 Å². The van der Waals surface area contributed by atoms with Crippen molar-refractivity contribution in [3.05, 3.63) is 35.1 Å². The Labute approximate surface area is 140 Å². The molecule has 1 heterocycles. The number of halogens is 1. The lowest BCUT2D eigenvalue weighted by Crippen LogP contribution is -2.26. The SMILES string of the molecule is CCCc1ccc(F)cc1C(C)CCC(C#N)CN1CCCC1. The maximum Gasteiger partial charge on any atom is 0.123 e. The molecular weight excluding hydrogens is 287 g/mol. The summed E-state index contributed by atoms with van der Waals surface area (Å²) >= 11 is 0. The fourth-order valence-electron chi connectivity index (χ4n) is 3.60. The quantitative estimate of drug-likeness (QED) is 0.682. The molecule has 0 spiro atoms. The van der Waals surface area contributed by atoms with Crippen LogP contribution in [0.3, 0.4) is 0 Å². The molecule has 2 rings (SSSR count). The summed E-state index contributed by atoms with van der Waals surface area (Å²) in [6.07, 6.45) is 6.44. The van der Waals surface area contributed by atoms with Crippen LogP contribution in [-0.2, 0) is 6.42 Å². The molecule has 2 unspecified atom stereocenters. The van der Waals surface area contributed by atoms with E-state index in [0.717, 1.165) is 50.9 Å². The number of benzene rings is 1. The van der Waals surface area contributed by atoms with Gasteiger partial charge in [0.15, 0.2) is 0 Å². The van der Waals surface area contributed by atoms with Crippen LogP contribution in [0.4, 0.5) is 4.39 Å². The monoisotopic (exact) mass is 316 g/mol. The average Bonchev–Trinajstić information content (AvgIpc) is 3.06. The molecule has 1 fully saturated rings. The van der Waals surface area contributed by atoms with Gasteiger partial charge in [-0.15, -0.1) is 0 Å². The van der Waals surface area contributed by atoms with E-state index < -0.39 is 0 Å². The summed E-state index contributed by atoms with van der Waals surface area (Å²) in [4.78, 5) is 2.41. The first-order valence-corrected chi connectivity index (χ1v) is 9.04. The summed E-state index contributed by atoms with van der Waals surface area (Å²) in [6.45, 7) is 7.49. The van der Waals surface area contributed by atoms with Gasteiger partial charge in [-0.2, -0.15) is 5.26 Å². The molecule has 0 N–H and O–H groups in total. The number of rotatable bonds is 8. The second-order valence-corrected chi connectivity index (χ2v) is 6.91. The van der Waals surface area contributed by atoms with Gasteiger partial charge in [-0.3, -0.25) is 0 Å². The Bertz CT molecular complexity index is 529. The standard InChI is InChI=1S/C20H29FN2/c1-3-6-18-9-10-19(21)13-20(18)16(2)7-8-17(14-22)15-23-11-4-5-12-23/h9-10,13,16-17H,3-8,11-12,15H2,1-2H3. The average molecular weight is 316 g/mol. The molecule has 3 heteroatoms. The van der Waals surface area contributed by atoms with Crippen LogP contribution in [0.1, 0.15) is 63.0 Å². The van der Waals surface area contributed by atoms with Crippen LogP contribution in [0.2, 0.25) is 0 Å². The fourth-order valence-corrected chi connectivity index (χ4v) is 3.60. The Kier molecular flexibility index (Phi) is 7.05. The van der Waals surface area contributed by atoms with E-state index in [4.69, 9.17) is 0 Å². The van der Waals surface area contributed by atoms with Crippen LogP contribution in [0.25, 0.3) is 0 Å². The van der Waals surface area contributed by atoms with Gasteiger partial charge >= 0.3 is 0 Å². The highest BCUT2D eigenvalue weighted by Crippen LogP contribution is 2.28. The van der Waals surface area contributed by atoms with Gasteiger partial charge in [-0.05, 0) is 74.4 Å². The molecule has 0 aromatic heterocycles. The van der Waals surface area contributed by atoms with Crippen LogP contribution in [-0.4, -0.2) is 24.5 Å². The lowest BCUT2D eigenvalue weighted by molar-refractivity contribution is 0.294. The van der Waals surface area contributed by atoms with Gasteiger partial charge in [-0.25, -0.2) is 4.39 Å². The first-order valence-electron chi connectivity index (χ1n) is 9.04. The lowest BCUT2D eigenvalue weighted by atomic mass is 9.88. The van der Waals surface area contributed by atoms with Gasteiger partial charge in [0.25, 0.3) is 0 Å². The summed E-state index contributed by atoms with van der Waals surface area (Å²) in [5, 5.41) is 9.42. The zero-order valence-electron chi connectivity index (χ0n) is 14.5. The molecule has 2 atom stereocenters. The summed E-state index contributed by atoms with van der Waals surface area (Å²) in [6, 6.07) is 7.65. The Hall–Kier alpha value is -1.40. The van der Waals surface area contributed by atoms with Gasteiger partial charge in [-0.1, -0.05) is 26.3 Å². The van der Waals surface area contributed by atoms with Crippen LogP contribution in [0.5, 0.6) is 0 Å². The largest absolute Gasteiger partial charge is 0.302 e. The molecule has 0 bridgehead atoms. The normalized spacial score (nSPS) is 17.8. The van der Waals surface area contributed by atoms with Gasteiger partial charge < -0.3 is 4.90 Å². The van der Waals surface area contributed by atoms with Crippen LogP contribution >= 0.6 is 0 Å². The molecule has 1 aromatic carbocycles. The molecule has 1 aliphatic rings. The maximum absolute atomic E-state index is 13.6. The number of nitriles is 1. The van der Waals surface area contributed by atoms with Crippen molar-refractivity contribution < 1.29 is 4.39 Å². The molecular formula is C20H29FN2. The Morgan fingerprint density at radius 3 is 2.65 bits per heavy atom. The Balaban J connectivity index is 1.93. The van der Waals surface area contributed by atoms with Crippen molar-refractivity contribution in [2.75, 3.05) is 19.6 Å². The molecule has 2 nitrogen and oxygen atoms in total. The van der Waals surface area contributed by atoms with E-state index in [2.05, 4.69) is 24.8 Å². The Morgan fingerprint density at radius 2 is 2.00 bits per heavy atom. The summed E-state index contributed by atoms with van der Waals surface area (Å²) < 4.78 is 13.6. The van der Waals surface area contributed by atoms with Crippen molar-refractivity contribution in [2.24, 2.45) is 5.92 Å². The van der Waals surface area contributed by atoms with Crippen molar-refractivity contribution in [3.63, 3.8) is 0 Å². The molecule has 0 saturated carbocycles. The highest BCUT2D eigenvalue weighted by atomic mass is 19.1. The predicted octanol–water partition coefficient (Wildman–Crippen LogP) is 4.90. The van der Waals surface area contributed by atoms with E-state index >= 15 is 0 Å². The number of nitrogens with zero attached hydrogens (tertiary/aromatic N) is 2. The van der Waals surface area contributed by atoms with Gasteiger partial charge in [0, 0.05) is 6.54 Å². The second-order valence-electron chi connectivity index (χ2n) is 6.91. The van der Waals surface area contributed by atoms with E-state index in [1.54, 1.807) is 12.1 Å². The highest BCUT2D eigenvalue weighted by molar-refractivity contribution is 5.31. The van der Waals surface area contributed by atoms with E-state index in [1.807, 2.05) is 6.07 Å². The second kappa shape index (κ2) is 9.03. The van der Waals surface area contributed by atoms with Crippen LogP contribution in [0.15, 0.2) is 18.2 Å². The molecule has 0 amide bonds. The molecule has 1 aromatic rings. The smallest absolute Gasteiger partial charge is 0.123 e. The van der Waals surface area contributed by atoms with Gasteiger partial charge in [0.1, 0.15) is 5.82 Å². The zero-order valence-corrected chi connectivity index (χ0v) is 14.5. The molecule has 1 aliphatic heterocycles. The zero-order chi connectivity index (χ0) is 16.7.